The van der Waals surface area contributed by atoms with Crippen molar-refractivity contribution >= 4 is 11.4 Å². The minimum absolute atomic E-state index is 0.282. The van der Waals surface area contributed by atoms with Crippen LogP contribution in [0, 0.1) is 6.92 Å². The Hall–Kier alpha value is -1.22. The molecule has 0 amide bonds. The van der Waals surface area contributed by atoms with E-state index in [1.54, 1.807) is 0 Å². The van der Waals surface area contributed by atoms with Gasteiger partial charge in [0, 0.05) is 24.5 Å². The smallest absolute Gasteiger partial charge is 0.0726 e. The molecule has 3 heteroatoms. The summed E-state index contributed by atoms with van der Waals surface area (Å²) in [7, 11) is 0. The van der Waals surface area contributed by atoms with Gasteiger partial charge >= 0.3 is 0 Å². The lowest BCUT2D eigenvalue weighted by molar-refractivity contribution is -0.00524. The van der Waals surface area contributed by atoms with E-state index in [1.165, 1.54) is 11.3 Å². The standard InChI is InChI=1S/C13H20N2O/c1-9-7-15(8-10(2)16-9)13-6-4-5-12(14)11(13)3/h4-6,9-10H,7-8,14H2,1-3H3. The van der Waals surface area contributed by atoms with E-state index in [0.29, 0.717) is 0 Å². The van der Waals surface area contributed by atoms with Gasteiger partial charge in [-0.15, -0.1) is 0 Å². The summed E-state index contributed by atoms with van der Waals surface area (Å²) < 4.78 is 5.74. The highest BCUT2D eigenvalue weighted by molar-refractivity contribution is 5.64. The van der Waals surface area contributed by atoms with Gasteiger partial charge in [0.25, 0.3) is 0 Å². The quantitative estimate of drug-likeness (QED) is 0.737. The molecule has 88 valence electrons. The highest BCUT2D eigenvalue weighted by Gasteiger charge is 2.23. The van der Waals surface area contributed by atoms with E-state index in [2.05, 4.69) is 31.7 Å². The Morgan fingerprint density at radius 1 is 1.25 bits per heavy atom. The molecular weight excluding hydrogens is 200 g/mol. The van der Waals surface area contributed by atoms with Gasteiger partial charge in [-0.05, 0) is 38.5 Å². The van der Waals surface area contributed by atoms with Gasteiger partial charge < -0.3 is 15.4 Å². The van der Waals surface area contributed by atoms with E-state index < -0.39 is 0 Å². The number of nitrogens with zero attached hydrogens (tertiary/aromatic N) is 1. The lowest BCUT2D eigenvalue weighted by Crippen LogP contribution is -2.45. The highest BCUT2D eigenvalue weighted by Crippen LogP contribution is 2.27. The number of anilines is 2. The molecule has 1 aromatic rings. The average Bonchev–Trinajstić information content (AvgIpc) is 2.20. The molecular formula is C13H20N2O. The van der Waals surface area contributed by atoms with Gasteiger partial charge in [0.2, 0.25) is 0 Å². The van der Waals surface area contributed by atoms with E-state index in [0.717, 1.165) is 18.8 Å². The molecule has 0 aromatic heterocycles. The molecule has 0 saturated carbocycles. The van der Waals surface area contributed by atoms with Gasteiger partial charge in [-0.2, -0.15) is 0 Å². The van der Waals surface area contributed by atoms with Gasteiger partial charge in [-0.25, -0.2) is 0 Å². The molecule has 0 aliphatic carbocycles. The van der Waals surface area contributed by atoms with Crippen LogP contribution in [0.5, 0.6) is 0 Å². The Bertz CT molecular complexity index is 368. The minimum Gasteiger partial charge on any atom is -0.398 e. The number of hydrogen-bond donors (Lipinski definition) is 1. The van der Waals surface area contributed by atoms with Crippen molar-refractivity contribution in [2.75, 3.05) is 23.7 Å². The first-order valence-corrected chi connectivity index (χ1v) is 5.83. The van der Waals surface area contributed by atoms with Crippen LogP contribution in [0.25, 0.3) is 0 Å². The molecule has 1 heterocycles. The fourth-order valence-electron chi connectivity index (χ4n) is 2.36. The second-order valence-electron chi connectivity index (χ2n) is 4.65. The first-order valence-electron chi connectivity index (χ1n) is 5.83. The Balaban J connectivity index is 2.26. The molecule has 16 heavy (non-hydrogen) atoms. The van der Waals surface area contributed by atoms with Crippen LogP contribution in [0.2, 0.25) is 0 Å². The number of benzene rings is 1. The normalized spacial score (nSPS) is 25.8. The molecule has 0 bridgehead atoms. The zero-order valence-corrected chi connectivity index (χ0v) is 10.2. The lowest BCUT2D eigenvalue weighted by Gasteiger charge is -2.37. The van der Waals surface area contributed by atoms with Gasteiger partial charge in [-0.3, -0.25) is 0 Å². The number of morpholine rings is 1. The number of nitrogen functional groups attached to an aromatic ring is 1. The molecule has 0 spiro atoms. The maximum atomic E-state index is 5.94. The van der Waals surface area contributed by atoms with Crippen molar-refractivity contribution in [3.05, 3.63) is 23.8 Å². The zero-order chi connectivity index (χ0) is 11.7. The van der Waals surface area contributed by atoms with Gasteiger partial charge in [0.1, 0.15) is 0 Å². The van der Waals surface area contributed by atoms with Crippen LogP contribution in [-0.2, 0) is 4.74 Å². The predicted molar refractivity (Wildman–Crippen MR) is 67.8 cm³/mol. The third kappa shape index (κ3) is 2.14. The van der Waals surface area contributed by atoms with Crippen molar-refractivity contribution < 1.29 is 4.74 Å². The molecule has 1 aliphatic heterocycles. The fourth-order valence-corrected chi connectivity index (χ4v) is 2.36. The van der Waals surface area contributed by atoms with E-state index >= 15 is 0 Å². The largest absolute Gasteiger partial charge is 0.398 e. The zero-order valence-electron chi connectivity index (χ0n) is 10.2. The van der Waals surface area contributed by atoms with Crippen LogP contribution in [-0.4, -0.2) is 25.3 Å². The molecule has 3 nitrogen and oxygen atoms in total. The Labute approximate surface area is 97.2 Å². The monoisotopic (exact) mass is 220 g/mol. The van der Waals surface area contributed by atoms with Crippen LogP contribution in [0.4, 0.5) is 11.4 Å². The molecule has 2 unspecified atom stereocenters. The number of nitrogens with two attached hydrogens (primary N) is 1. The molecule has 1 aromatic carbocycles. The van der Waals surface area contributed by atoms with Crippen LogP contribution < -0.4 is 10.6 Å². The Morgan fingerprint density at radius 3 is 2.50 bits per heavy atom. The summed E-state index contributed by atoms with van der Waals surface area (Å²) in [5.41, 5.74) is 9.21. The van der Waals surface area contributed by atoms with Crippen molar-refractivity contribution in [3.8, 4) is 0 Å². The maximum Gasteiger partial charge on any atom is 0.0726 e. The van der Waals surface area contributed by atoms with Crippen molar-refractivity contribution in [3.63, 3.8) is 0 Å². The summed E-state index contributed by atoms with van der Waals surface area (Å²) in [6.45, 7) is 8.19. The van der Waals surface area contributed by atoms with E-state index in [4.69, 9.17) is 10.5 Å². The Morgan fingerprint density at radius 2 is 1.88 bits per heavy atom. The van der Waals surface area contributed by atoms with Crippen LogP contribution in [0.15, 0.2) is 18.2 Å². The minimum atomic E-state index is 0.282. The van der Waals surface area contributed by atoms with Crippen molar-refractivity contribution in [2.24, 2.45) is 0 Å². The second kappa shape index (κ2) is 4.34. The second-order valence-corrected chi connectivity index (χ2v) is 4.65. The van der Waals surface area contributed by atoms with Crippen molar-refractivity contribution in [2.45, 2.75) is 33.0 Å². The van der Waals surface area contributed by atoms with E-state index in [1.807, 2.05) is 12.1 Å². The lowest BCUT2D eigenvalue weighted by atomic mass is 10.1. The first kappa shape index (κ1) is 11.3. The molecule has 1 fully saturated rings. The van der Waals surface area contributed by atoms with Gasteiger partial charge in [0.15, 0.2) is 0 Å². The molecule has 2 N–H and O–H groups in total. The van der Waals surface area contributed by atoms with Crippen molar-refractivity contribution in [1.29, 1.82) is 0 Å². The molecule has 1 aliphatic rings. The summed E-state index contributed by atoms with van der Waals surface area (Å²) in [6, 6.07) is 6.10. The Kier molecular flexibility index (Phi) is 3.06. The van der Waals surface area contributed by atoms with Gasteiger partial charge in [0.05, 0.1) is 12.2 Å². The van der Waals surface area contributed by atoms with E-state index in [9.17, 15) is 0 Å². The van der Waals surface area contributed by atoms with Crippen molar-refractivity contribution in [1.82, 2.24) is 0 Å². The number of hydrogen-bond acceptors (Lipinski definition) is 3. The molecule has 2 atom stereocenters. The number of ether oxygens (including phenoxy) is 1. The average molecular weight is 220 g/mol. The maximum absolute atomic E-state index is 5.94. The number of rotatable bonds is 1. The molecule has 1 saturated heterocycles. The predicted octanol–water partition coefficient (Wildman–Crippen LogP) is 2.19. The third-order valence-electron chi connectivity index (χ3n) is 3.11. The fraction of sp³-hybridized carbons (Fsp3) is 0.538. The topological polar surface area (TPSA) is 38.5 Å². The summed E-state index contributed by atoms with van der Waals surface area (Å²) in [4.78, 5) is 2.37. The summed E-state index contributed by atoms with van der Waals surface area (Å²) in [5, 5.41) is 0. The van der Waals surface area contributed by atoms with Gasteiger partial charge in [-0.1, -0.05) is 6.07 Å². The molecule has 0 radical (unpaired) electrons. The summed E-state index contributed by atoms with van der Waals surface area (Å²) in [6.07, 6.45) is 0.564. The molecule has 2 rings (SSSR count). The van der Waals surface area contributed by atoms with E-state index in [-0.39, 0.29) is 12.2 Å². The summed E-state index contributed by atoms with van der Waals surface area (Å²) in [5.74, 6) is 0. The van der Waals surface area contributed by atoms with Crippen LogP contribution in [0.3, 0.4) is 0 Å². The van der Waals surface area contributed by atoms with Crippen LogP contribution >= 0.6 is 0 Å². The summed E-state index contributed by atoms with van der Waals surface area (Å²) >= 11 is 0. The SMILES string of the molecule is Cc1c(N)cccc1N1CC(C)OC(C)C1. The third-order valence-corrected chi connectivity index (χ3v) is 3.11. The highest BCUT2D eigenvalue weighted by atomic mass is 16.5. The van der Waals surface area contributed by atoms with Crippen LogP contribution in [0.1, 0.15) is 19.4 Å². The first-order chi connectivity index (χ1) is 7.58.